The van der Waals surface area contributed by atoms with Gasteiger partial charge in [0.25, 0.3) is 0 Å². The van der Waals surface area contributed by atoms with Crippen LogP contribution in [0.25, 0.3) is 0 Å². The molecule has 0 aliphatic heterocycles. The maximum Gasteiger partial charge on any atom is 0.248 e. The quantitative estimate of drug-likeness (QED) is 0.841. The molecule has 0 aliphatic carbocycles. The second-order valence-corrected chi connectivity index (χ2v) is 4.51. The number of aryl methyl sites for hydroxylation is 1. The third-order valence-corrected chi connectivity index (χ3v) is 2.68. The maximum absolute atomic E-state index is 10.9. The number of amides is 1. The number of rotatable bonds is 4. The number of carbonyl (C=O) groups is 1. The van der Waals surface area contributed by atoms with E-state index in [1.54, 1.807) is 12.1 Å². The zero-order valence-electron chi connectivity index (χ0n) is 9.09. The molecule has 0 unspecified atom stereocenters. The Kier molecular flexibility index (Phi) is 4.15. The summed E-state index contributed by atoms with van der Waals surface area (Å²) in [6.07, 6.45) is 2.03. The fourth-order valence-corrected chi connectivity index (χ4v) is 1.62. The van der Waals surface area contributed by atoms with Crippen LogP contribution in [0.3, 0.4) is 0 Å². The molecular weight excluding hydrogens is 210 g/mol. The Labute approximate surface area is 95.4 Å². The molecule has 15 heavy (non-hydrogen) atoms. The second-order valence-electron chi connectivity index (χ2n) is 4.10. The highest BCUT2D eigenvalue weighted by atomic mass is 35.5. The number of halogens is 1. The molecular formula is C12H16ClNO. The fourth-order valence-electron chi connectivity index (χ4n) is 1.35. The van der Waals surface area contributed by atoms with Gasteiger partial charge in [-0.25, -0.2) is 0 Å². The summed E-state index contributed by atoms with van der Waals surface area (Å²) in [4.78, 5) is 10.9. The van der Waals surface area contributed by atoms with Crippen LogP contribution in [0.2, 0.25) is 5.02 Å². The molecule has 0 spiro atoms. The molecule has 1 rings (SSSR count). The molecule has 3 heteroatoms. The first-order chi connectivity index (χ1) is 7.00. The van der Waals surface area contributed by atoms with Crippen molar-refractivity contribution in [3.63, 3.8) is 0 Å². The Hall–Kier alpha value is -1.02. The number of primary amides is 1. The van der Waals surface area contributed by atoms with Gasteiger partial charge in [0.1, 0.15) is 0 Å². The van der Waals surface area contributed by atoms with Crippen molar-refractivity contribution in [2.45, 2.75) is 26.7 Å². The van der Waals surface area contributed by atoms with E-state index >= 15 is 0 Å². The smallest absolute Gasteiger partial charge is 0.248 e. The molecule has 82 valence electrons. The zero-order chi connectivity index (χ0) is 11.4. The average molecular weight is 226 g/mol. The molecule has 0 atom stereocenters. The first-order valence-corrected chi connectivity index (χ1v) is 5.46. The first kappa shape index (κ1) is 12.1. The van der Waals surface area contributed by atoms with E-state index in [0.29, 0.717) is 16.5 Å². The summed E-state index contributed by atoms with van der Waals surface area (Å²) >= 11 is 6.05. The van der Waals surface area contributed by atoms with Crippen LogP contribution in [-0.4, -0.2) is 5.91 Å². The van der Waals surface area contributed by atoms with Crippen molar-refractivity contribution in [2.24, 2.45) is 11.7 Å². The third-order valence-electron chi connectivity index (χ3n) is 2.33. The van der Waals surface area contributed by atoms with E-state index in [4.69, 9.17) is 17.3 Å². The molecule has 0 fully saturated rings. The Morgan fingerprint density at radius 1 is 1.47 bits per heavy atom. The summed E-state index contributed by atoms with van der Waals surface area (Å²) in [5.74, 6) is 0.212. The van der Waals surface area contributed by atoms with Crippen LogP contribution < -0.4 is 5.73 Å². The van der Waals surface area contributed by atoms with Gasteiger partial charge in [-0.3, -0.25) is 4.79 Å². The summed E-state index contributed by atoms with van der Waals surface area (Å²) in [6.45, 7) is 4.34. The molecule has 0 aliphatic rings. The molecule has 0 bridgehead atoms. The van der Waals surface area contributed by atoms with Crippen LogP contribution in [0.4, 0.5) is 0 Å². The predicted octanol–water partition coefficient (Wildman–Crippen LogP) is 3.03. The predicted molar refractivity (Wildman–Crippen MR) is 63.1 cm³/mol. The molecule has 0 saturated carbocycles. The van der Waals surface area contributed by atoms with Gasteiger partial charge in [-0.1, -0.05) is 31.5 Å². The van der Waals surface area contributed by atoms with Crippen LogP contribution in [0.5, 0.6) is 0 Å². The van der Waals surface area contributed by atoms with Gasteiger partial charge in [-0.15, -0.1) is 0 Å². The van der Waals surface area contributed by atoms with Gasteiger partial charge in [-0.05, 0) is 36.5 Å². The van der Waals surface area contributed by atoms with Gasteiger partial charge in [0, 0.05) is 10.6 Å². The highest BCUT2D eigenvalue weighted by Gasteiger charge is 2.06. The summed E-state index contributed by atoms with van der Waals surface area (Å²) in [5.41, 5.74) is 6.70. The van der Waals surface area contributed by atoms with Gasteiger partial charge < -0.3 is 5.73 Å². The minimum absolute atomic E-state index is 0.438. The Bertz CT molecular complexity index is 361. The summed E-state index contributed by atoms with van der Waals surface area (Å²) in [7, 11) is 0. The van der Waals surface area contributed by atoms with E-state index in [1.807, 2.05) is 6.07 Å². The monoisotopic (exact) mass is 225 g/mol. The minimum atomic E-state index is -0.438. The van der Waals surface area contributed by atoms with Gasteiger partial charge in [-0.2, -0.15) is 0 Å². The average Bonchev–Trinajstić information content (AvgIpc) is 2.15. The van der Waals surface area contributed by atoms with E-state index in [2.05, 4.69) is 13.8 Å². The molecule has 0 radical (unpaired) electrons. The van der Waals surface area contributed by atoms with Crippen molar-refractivity contribution in [3.05, 3.63) is 34.3 Å². The number of hydrogen-bond acceptors (Lipinski definition) is 1. The standard InChI is InChI=1S/C12H16ClNO/c1-8(2)3-4-9-5-6-10(12(14)15)7-11(9)13/h5-8H,3-4H2,1-2H3,(H2,14,15). The van der Waals surface area contributed by atoms with Crippen molar-refractivity contribution in [1.82, 2.24) is 0 Å². The maximum atomic E-state index is 10.9. The van der Waals surface area contributed by atoms with Crippen molar-refractivity contribution < 1.29 is 4.79 Å². The van der Waals surface area contributed by atoms with Gasteiger partial charge in [0.05, 0.1) is 0 Å². The lowest BCUT2D eigenvalue weighted by Gasteiger charge is -2.07. The Morgan fingerprint density at radius 2 is 2.13 bits per heavy atom. The molecule has 0 saturated heterocycles. The lowest BCUT2D eigenvalue weighted by molar-refractivity contribution is 0.100. The van der Waals surface area contributed by atoms with Crippen LogP contribution in [0, 0.1) is 5.92 Å². The molecule has 1 aromatic rings. The first-order valence-electron chi connectivity index (χ1n) is 5.09. The van der Waals surface area contributed by atoms with Crippen molar-refractivity contribution in [2.75, 3.05) is 0 Å². The summed E-state index contributed by atoms with van der Waals surface area (Å²) < 4.78 is 0. The van der Waals surface area contributed by atoms with Crippen molar-refractivity contribution in [3.8, 4) is 0 Å². The van der Waals surface area contributed by atoms with E-state index in [9.17, 15) is 4.79 Å². The SMILES string of the molecule is CC(C)CCc1ccc(C(N)=O)cc1Cl. The molecule has 2 nitrogen and oxygen atoms in total. The van der Waals surface area contributed by atoms with E-state index in [0.717, 1.165) is 18.4 Å². The number of carbonyl (C=O) groups excluding carboxylic acids is 1. The lowest BCUT2D eigenvalue weighted by Crippen LogP contribution is -2.10. The lowest BCUT2D eigenvalue weighted by atomic mass is 10.0. The zero-order valence-corrected chi connectivity index (χ0v) is 9.84. The van der Waals surface area contributed by atoms with Gasteiger partial charge in [0.2, 0.25) is 5.91 Å². The minimum Gasteiger partial charge on any atom is -0.366 e. The Balaban J connectivity index is 2.79. The molecule has 1 amide bonds. The highest BCUT2D eigenvalue weighted by molar-refractivity contribution is 6.31. The molecule has 1 aromatic carbocycles. The van der Waals surface area contributed by atoms with E-state index < -0.39 is 5.91 Å². The van der Waals surface area contributed by atoms with Crippen molar-refractivity contribution in [1.29, 1.82) is 0 Å². The van der Waals surface area contributed by atoms with E-state index in [-0.39, 0.29) is 0 Å². The number of hydrogen-bond donors (Lipinski definition) is 1. The van der Waals surface area contributed by atoms with Gasteiger partial charge >= 0.3 is 0 Å². The van der Waals surface area contributed by atoms with Crippen LogP contribution in [0.1, 0.15) is 36.2 Å². The summed E-state index contributed by atoms with van der Waals surface area (Å²) in [6, 6.07) is 5.24. The van der Waals surface area contributed by atoms with E-state index in [1.165, 1.54) is 0 Å². The number of nitrogens with two attached hydrogens (primary N) is 1. The number of benzene rings is 1. The van der Waals surface area contributed by atoms with Gasteiger partial charge in [0.15, 0.2) is 0 Å². The topological polar surface area (TPSA) is 43.1 Å². The van der Waals surface area contributed by atoms with Crippen LogP contribution in [0.15, 0.2) is 18.2 Å². The fraction of sp³-hybridized carbons (Fsp3) is 0.417. The molecule has 0 heterocycles. The largest absolute Gasteiger partial charge is 0.366 e. The Morgan fingerprint density at radius 3 is 2.60 bits per heavy atom. The van der Waals surface area contributed by atoms with Crippen molar-refractivity contribution >= 4 is 17.5 Å². The van der Waals surface area contributed by atoms with Crippen LogP contribution in [-0.2, 0) is 6.42 Å². The molecule has 2 N–H and O–H groups in total. The summed E-state index contributed by atoms with van der Waals surface area (Å²) in [5, 5.41) is 0.631. The highest BCUT2D eigenvalue weighted by Crippen LogP contribution is 2.20. The van der Waals surface area contributed by atoms with Crippen LogP contribution >= 0.6 is 11.6 Å². The third kappa shape index (κ3) is 3.56. The molecule has 0 aromatic heterocycles. The normalized spacial score (nSPS) is 10.7. The second kappa shape index (κ2) is 5.17.